The molecule has 0 saturated heterocycles. The number of rotatable bonds is 3. The van der Waals surface area contributed by atoms with E-state index in [1.54, 1.807) is 6.92 Å². The Morgan fingerprint density at radius 1 is 1.20 bits per heavy atom. The van der Waals surface area contributed by atoms with Crippen molar-refractivity contribution in [1.82, 2.24) is 5.32 Å². The molecule has 0 aromatic carbocycles. The summed E-state index contributed by atoms with van der Waals surface area (Å²) in [5.41, 5.74) is 0. The van der Waals surface area contributed by atoms with Gasteiger partial charge in [0.15, 0.2) is 0 Å². The van der Waals surface area contributed by atoms with E-state index in [0.29, 0.717) is 0 Å². The Hall–Kier alpha value is -0.0800. The topological polar surface area (TPSA) is 32.3 Å². The lowest BCUT2D eigenvalue weighted by Gasteiger charge is -1.90. The van der Waals surface area contributed by atoms with Crippen LogP contribution in [0.2, 0.25) is 0 Å². The van der Waals surface area contributed by atoms with Gasteiger partial charge in [0.2, 0.25) is 0 Å². The van der Waals surface area contributed by atoms with Crippen LogP contribution in [0.25, 0.3) is 0 Å². The van der Waals surface area contributed by atoms with E-state index in [1.165, 1.54) is 0 Å². The molecule has 0 spiro atoms. The van der Waals surface area contributed by atoms with Gasteiger partial charge < -0.3 is 10.4 Å². The van der Waals surface area contributed by atoms with Crippen LogP contribution in [0, 0.1) is 0 Å². The second-order valence-electron chi connectivity index (χ2n) is 2.21. The van der Waals surface area contributed by atoms with Crippen LogP contribution in [-0.4, -0.2) is 24.3 Å². The van der Waals surface area contributed by atoms with Crippen LogP contribution < -0.4 is 5.32 Å². The fraction of sp³-hybridized carbons (Fsp3) is 1.00. The summed E-state index contributed by atoms with van der Waals surface area (Å²) in [5.74, 6) is 0. The van der Waals surface area contributed by atoms with Crippen LogP contribution in [0.5, 0.6) is 0 Å². The van der Waals surface area contributed by atoms with Gasteiger partial charge in [-0.25, -0.2) is 0 Å². The zero-order valence-electron chi connectivity index (χ0n) is 7.65. The Balaban J connectivity index is 0. The third-order valence-corrected chi connectivity index (χ3v) is 1.09. The van der Waals surface area contributed by atoms with Gasteiger partial charge in [-0.2, -0.15) is 0 Å². The fourth-order valence-corrected chi connectivity index (χ4v) is 0.250. The summed E-state index contributed by atoms with van der Waals surface area (Å²) in [6.45, 7) is 10.1. The molecule has 0 aliphatic carbocycles. The van der Waals surface area contributed by atoms with Gasteiger partial charge in [0.25, 0.3) is 0 Å². The first kappa shape index (κ1) is 12.6. The van der Waals surface area contributed by atoms with Crippen molar-refractivity contribution in [2.45, 2.75) is 40.2 Å². The summed E-state index contributed by atoms with van der Waals surface area (Å²) in [4.78, 5) is 0. The molecule has 0 amide bonds. The maximum absolute atomic E-state index is 8.36. The normalized spacial score (nSPS) is 11.7. The Morgan fingerprint density at radius 2 is 1.50 bits per heavy atom. The summed E-state index contributed by atoms with van der Waals surface area (Å²) < 4.78 is 0. The van der Waals surface area contributed by atoms with Crippen molar-refractivity contribution in [3.63, 3.8) is 0 Å². The second-order valence-corrected chi connectivity index (χ2v) is 2.21. The predicted molar refractivity (Wildman–Crippen MR) is 46.2 cm³/mol. The molecule has 2 heteroatoms. The van der Waals surface area contributed by atoms with Gasteiger partial charge in [0.1, 0.15) is 0 Å². The third kappa shape index (κ3) is 24.7. The predicted octanol–water partition coefficient (Wildman–Crippen LogP) is 1.39. The van der Waals surface area contributed by atoms with Gasteiger partial charge in [-0.3, -0.25) is 0 Å². The highest BCUT2D eigenvalue weighted by molar-refractivity contribution is 4.34. The van der Waals surface area contributed by atoms with Crippen molar-refractivity contribution in [1.29, 1.82) is 0 Å². The monoisotopic (exact) mass is 147 g/mol. The van der Waals surface area contributed by atoms with E-state index in [1.807, 2.05) is 6.92 Å². The highest BCUT2D eigenvalue weighted by Crippen LogP contribution is 1.81. The minimum atomic E-state index is -0.116. The molecule has 2 nitrogen and oxygen atoms in total. The lowest BCUT2D eigenvalue weighted by molar-refractivity contribution is 0.191. The average Bonchev–Trinajstić information content (AvgIpc) is 1.91. The summed E-state index contributed by atoms with van der Waals surface area (Å²) in [6, 6.07) is 0. The minimum absolute atomic E-state index is 0.116. The van der Waals surface area contributed by atoms with Crippen molar-refractivity contribution >= 4 is 0 Å². The van der Waals surface area contributed by atoms with Crippen LogP contribution in [-0.2, 0) is 0 Å². The van der Waals surface area contributed by atoms with Gasteiger partial charge >= 0.3 is 0 Å². The van der Waals surface area contributed by atoms with Gasteiger partial charge in [-0.05, 0) is 26.4 Å². The molecule has 64 valence electrons. The quantitative estimate of drug-likeness (QED) is 0.632. The standard InChI is InChI=1S/C4H11N.C4H10O/c1-3-5-4-2;1-3-4(2)5/h5H,3-4H2,1-2H3;4-5H,3H2,1-2H3. The molecule has 0 aromatic rings. The van der Waals surface area contributed by atoms with E-state index in [4.69, 9.17) is 5.11 Å². The molecule has 0 saturated carbocycles. The van der Waals surface area contributed by atoms with E-state index in [-0.39, 0.29) is 6.10 Å². The average molecular weight is 147 g/mol. The highest BCUT2D eigenvalue weighted by atomic mass is 16.3. The lowest BCUT2D eigenvalue weighted by atomic mass is 10.3. The Kier molecular flexibility index (Phi) is 14.7. The van der Waals surface area contributed by atoms with Crippen molar-refractivity contribution < 1.29 is 5.11 Å². The van der Waals surface area contributed by atoms with Crippen LogP contribution in [0.3, 0.4) is 0 Å². The Labute approximate surface area is 64.6 Å². The smallest absolute Gasteiger partial charge is 0.0509 e. The maximum atomic E-state index is 8.36. The van der Waals surface area contributed by atoms with Crippen molar-refractivity contribution in [3.05, 3.63) is 0 Å². The van der Waals surface area contributed by atoms with Gasteiger partial charge in [-0.15, -0.1) is 0 Å². The number of aliphatic hydroxyl groups is 1. The Morgan fingerprint density at radius 3 is 1.50 bits per heavy atom. The molecular weight excluding hydrogens is 126 g/mol. The molecular formula is C8H21NO. The van der Waals surface area contributed by atoms with Crippen LogP contribution in [0.15, 0.2) is 0 Å². The summed E-state index contributed by atoms with van der Waals surface area (Å²) in [7, 11) is 0. The number of hydrogen-bond acceptors (Lipinski definition) is 2. The van der Waals surface area contributed by atoms with Crippen molar-refractivity contribution in [2.75, 3.05) is 13.1 Å². The molecule has 1 unspecified atom stereocenters. The summed E-state index contributed by atoms with van der Waals surface area (Å²) in [6.07, 6.45) is 0.745. The molecule has 0 bridgehead atoms. The fourth-order valence-electron chi connectivity index (χ4n) is 0.250. The SMILES string of the molecule is CCC(C)O.CCNCC. The molecule has 0 aliphatic heterocycles. The van der Waals surface area contributed by atoms with Crippen LogP contribution in [0.4, 0.5) is 0 Å². The maximum Gasteiger partial charge on any atom is 0.0509 e. The van der Waals surface area contributed by atoms with E-state index >= 15 is 0 Å². The summed E-state index contributed by atoms with van der Waals surface area (Å²) >= 11 is 0. The summed E-state index contributed by atoms with van der Waals surface area (Å²) in [5, 5.41) is 11.5. The molecule has 0 aromatic heterocycles. The number of aliphatic hydroxyl groups excluding tert-OH is 1. The van der Waals surface area contributed by atoms with E-state index in [2.05, 4.69) is 19.2 Å². The highest BCUT2D eigenvalue weighted by Gasteiger charge is 1.81. The van der Waals surface area contributed by atoms with E-state index in [0.717, 1.165) is 19.5 Å². The molecule has 0 fully saturated rings. The number of nitrogens with one attached hydrogen (secondary N) is 1. The molecule has 1 atom stereocenters. The van der Waals surface area contributed by atoms with Gasteiger partial charge in [0, 0.05) is 0 Å². The Bertz CT molecular complexity index is 44.5. The third-order valence-electron chi connectivity index (χ3n) is 1.09. The van der Waals surface area contributed by atoms with Crippen molar-refractivity contribution in [2.24, 2.45) is 0 Å². The zero-order valence-corrected chi connectivity index (χ0v) is 7.65. The van der Waals surface area contributed by atoms with Crippen LogP contribution in [0.1, 0.15) is 34.1 Å². The zero-order chi connectivity index (χ0) is 8.41. The first-order valence-corrected chi connectivity index (χ1v) is 4.07. The molecule has 2 N–H and O–H groups in total. The van der Waals surface area contributed by atoms with Gasteiger partial charge in [0.05, 0.1) is 6.10 Å². The first-order valence-electron chi connectivity index (χ1n) is 4.07. The molecule has 0 radical (unpaired) electrons. The van der Waals surface area contributed by atoms with E-state index in [9.17, 15) is 0 Å². The van der Waals surface area contributed by atoms with Crippen molar-refractivity contribution in [3.8, 4) is 0 Å². The molecule has 0 heterocycles. The molecule has 0 rings (SSSR count). The minimum Gasteiger partial charge on any atom is -0.393 e. The van der Waals surface area contributed by atoms with E-state index < -0.39 is 0 Å². The first-order chi connectivity index (χ1) is 4.68. The lowest BCUT2D eigenvalue weighted by Crippen LogP contribution is -2.09. The molecule has 0 aliphatic rings. The van der Waals surface area contributed by atoms with Crippen LogP contribution >= 0.6 is 0 Å². The van der Waals surface area contributed by atoms with Gasteiger partial charge in [-0.1, -0.05) is 20.8 Å². The largest absolute Gasteiger partial charge is 0.393 e. The second kappa shape index (κ2) is 11.7. The number of hydrogen-bond donors (Lipinski definition) is 2. The molecule has 10 heavy (non-hydrogen) atoms.